The number of thiophene rings is 1. The number of ether oxygens (including phenoxy) is 1. The van der Waals surface area contributed by atoms with Gasteiger partial charge in [0.1, 0.15) is 11.4 Å². The van der Waals surface area contributed by atoms with E-state index in [2.05, 4.69) is 9.97 Å². The Labute approximate surface area is 223 Å². The third-order valence-electron chi connectivity index (χ3n) is 6.22. The van der Waals surface area contributed by atoms with Crippen molar-refractivity contribution in [3.8, 4) is 17.3 Å². The molecule has 1 aromatic carbocycles. The zero-order valence-corrected chi connectivity index (χ0v) is 22.3. The smallest absolute Gasteiger partial charge is 0.273 e. The Hall–Kier alpha value is -3.30. The third-order valence-corrected chi connectivity index (χ3v) is 7.57. The molecule has 37 heavy (non-hydrogen) atoms. The Morgan fingerprint density at radius 3 is 2.73 bits per heavy atom. The van der Waals surface area contributed by atoms with E-state index in [0.29, 0.717) is 34.9 Å². The van der Waals surface area contributed by atoms with Crippen LogP contribution in [0.25, 0.3) is 32.5 Å². The second-order valence-electron chi connectivity index (χ2n) is 8.62. The van der Waals surface area contributed by atoms with E-state index in [1.54, 1.807) is 36.0 Å². The van der Waals surface area contributed by atoms with Gasteiger partial charge in [0.2, 0.25) is 0 Å². The first-order chi connectivity index (χ1) is 18.2. The maximum absolute atomic E-state index is 14.1. The number of benzene rings is 1. The van der Waals surface area contributed by atoms with Gasteiger partial charge >= 0.3 is 0 Å². The fourth-order valence-corrected chi connectivity index (χ4v) is 5.39. The number of nitrogens with zero attached hydrogens (tertiary/aromatic N) is 4. The van der Waals surface area contributed by atoms with Gasteiger partial charge in [0.05, 0.1) is 22.2 Å². The molecule has 0 radical (unpaired) electrons. The summed E-state index contributed by atoms with van der Waals surface area (Å²) in [5.41, 5.74) is 2.81. The van der Waals surface area contributed by atoms with Gasteiger partial charge in [0.15, 0.2) is 18.2 Å². The van der Waals surface area contributed by atoms with Crippen LogP contribution >= 0.6 is 23.7 Å². The molecule has 9 heteroatoms. The van der Waals surface area contributed by atoms with E-state index in [9.17, 15) is 8.68 Å². The van der Waals surface area contributed by atoms with Crippen molar-refractivity contribution in [3.63, 3.8) is 0 Å². The van der Waals surface area contributed by atoms with Crippen molar-refractivity contribution in [3.05, 3.63) is 81.8 Å². The normalized spacial score (nSPS) is 12.9. The molecule has 0 atom stereocenters. The molecule has 0 bridgehead atoms. The maximum atomic E-state index is 14.1. The number of pyridine rings is 2. The number of aromatic nitrogens is 4. The molecule has 0 amide bonds. The minimum absolute atomic E-state index is 0.148. The lowest BCUT2D eigenvalue weighted by molar-refractivity contribution is 0.311. The molecule has 0 aliphatic heterocycles. The lowest BCUT2D eigenvalue weighted by atomic mass is 10.1. The summed E-state index contributed by atoms with van der Waals surface area (Å²) in [6, 6.07) is 11.5. The number of halogens is 1. The van der Waals surface area contributed by atoms with Crippen LogP contribution in [0.4, 0.5) is 3.89 Å². The molecule has 0 unspecified atom stereocenters. The molecule has 6 rings (SSSR count). The van der Waals surface area contributed by atoms with Crippen LogP contribution in [-0.4, -0.2) is 25.5 Å². The van der Waals surface area contributed by atoms with Crippen molar-refractivity contribution in [2.75, 3.05) is 6.61 Å². The average molecular weight is 535 g/mol. The lowest BCUT2D eigenvalue weighted by Gasteiger charge is -2.14. The van der Waals surface area contributed by atoms with Gasteiger partial charge in [-0.3, -0.25) is 14.8 Å². The van der Waals surface area contributed by atoms with E-state index in [0.717, 1.165) is 45.3 Å². The largest absolute Gasteiger partial charge is 0.494 e. The van der Waals surface area contributed by atoms with Gasteiger partial charge in [-0.2, -0.15) is 0 Å². The van der Waals surface area contributed by atoms with Gasteiger partial charge in [0.25, 0.3) is 5.56 Å². The van der Waals surface area contributed by atoms with Crippen LogP contribution in [-0.2, 0) is 6.42 Å². The monoisotopic (exact) mass is 534 g/mol. The van der Waals surface area contributed by atoms with Crippen LogP contribution in [0.2, 0.25) is 0 Å². The number of fused-ring (bicyclic) bond motifs is 2. The molecule has 0 N–H and O–H groups in total. The molecule has 1 aliphatic rings. The van der Waals surface area contributed by atoms with Gasteiger partial charge in [0, 0.05) is 18.6 Å². The maximum Gasteiger partial charge on any atom is 0.273 e. The second-order valence-corrected chi connectivity index (χ2v) is 10.1. The predicted molar refractivity (Wildman–Crippen MR) is 150 cm³/mol. The fourth-order valence-electron chi connectivity index (χ4n) is 4.29. The van der Waals surface area contributed by atoms with Crippen LogP contribution in [0, 0.1) is 0 Å². The molecular formula is C28H27FN4O2S2. The summed E-state index contributed by atoms with van der Waals surface area (Å²) in [6.07, 6.45) is 9.09. The number of rotatable bonds is 8. The highest BCUT2D eigenvalue weighted by Gasteiger charge is 2.29. The first-order valence-electron chi connectivity index (χ1n) is 12.5. The Bertz CT molecular complexity index is 1580. The van der Waals surface area contributed by atoms with E-state index >= 15 is 0 Å². The minimum Gasteiger partial charge on any atom is -0.494 e. The summed E-state index contributed by atoms with van der Waals surface area (Å²) in [5.74, 6) is 1.17. The molecule has 4 aromatic heterocycles. The van der Waals surface area contributed by atoms with Crippen LogP contribution < -0.4 is 10.3 Å². The highest BCUT2D eigenvalue weighted by molar-refractivity contribution is 7.92. The van der Waals surface area contributed by atoms with E-state index in [1.165, 1.54) is 5.56 Å². The summed E-state index contributed by atoms with van der Waals surface area (Å²) in [4.78, 5) is 26.7. The van der Waals surface area contributed by atoms with Crippen molar-refractivity contribution < 1.29 is 8.62 Å². The molecule has 5 aromatic rings. The molecule has 4 heterocycles. The Balaban J connectivity index is 0.00000137. The quantitative estimate of drug-likeness (QED) is 0.194. The molecule has 0 saturated heterocycles. The molecule has 1 aliphatic carbocycles. The molecule has 190 valence electrons. The highest BCUT2D eigenvalue weighted by atomic mass is 32.2. The minimum atomic E-state index is -0.450. The zero-order valence-electron chi connectivity index (χ0n) is 20.7. The Kier molecular flexibility index (Phi) is 7.81. The topological polar surface area (TPSA) is 69.9 Å². The molecule has 6 nitrogen and oxygen atoms in total. The van der Waals surface area contributed by atoms with Crippen molar-refractivity contribution >= 4 is 44.7 Å². The fraction of sp³-hybridized carbons (Fsp3) is 0.286. The first-order valence-corrected chi connectivity index (χ1v) is 14.0. The predicted octanol–water partition coefficient (Wildman–Crippen LogP) is 7.36. The van der Waals surface area contributed by atoms with E-state index in [1.807, 2.05) is 49.6 Å². The summed E-state index contributed by atoms with van der Waals surface area (Å²) < 4.78 is 22.1. The van der Waals surface area contributed by atoms with Crippen LogP contribution in [0.3, 0.4) is 0 Å². The van der Waals surface area contributed by atoms with Crippen molar-refractivity contribution in [2.45, 2.75) is 45.4 Å². The van der Waals surface area contributed by atoms with Gasteiger partial charge in [-0.1, -0.05) is 13.8 Å². The van der Waals surface area contributed by atoms with Gasteiger partial charge in [-0.25, -0.2) is 8.96 Å². The average Bonchev–Trinajstić information content (AvgIpc) is 3.69. The number of hydrogen-bond donors (Lipinski definition) is 0. The van der Waals surface area contributed by atoms with Crippen LogP contribution in [0.15, 0.2) is 65.2 Å². The second kappa shape index (κ2) is 11.4. The van der Waals surface area contributed by atoms with Crippen molar-refractivity contribution in [1.29, 1.82) is 0 Å². The standard InChI is InChI=1S/C26H21FN4O2S2.C2H6/c27-35-31-25(22-12-18-7-11-34-23(18)15-29-22)30-24-20(17-3-4-17)13-19(14-21(24)26(31)32)33-10-1-2-16-5-8-28-9-6-16;1-2/h5-9,11-15,17H,1-4,10H2;1-2H3. The van der Waals surface area contributed by atoms with Crippen LogP contribution in [0.5, 0.6) is 5.75 Å². The van der Waals surface area contributed by atoms with Crippen LogP contribution in [0.1, 0.15) is 50.2 Å². The Morgan fingerprint density at radius 1 is 1.16 bits per heavy atom. The number of aryl methyl sites for hydroxylation is 1. The van der Waals surface area contributed by atoms with Gasteiger partial charge < -0.3 is 4.74 Å². The molecular weight excluding hydrogens is 507 g/mol. The summed E-state index contributed by atoms with van der Waals surface area (Å²) in [5, 5.41) is 3.33. The SMILES string of the molecule is CC.O=c1c2cc(OCCCc3ccncc3)cc(C3CC3)c2nc(-c2cc3ccsc3cn2)n1SF. The highest BCUT2D eigenvalue weighted by Crippen LogP contribution is 2.44. The lowest BCUT2D eigenvalue weighted by Crippen LogP contribution is -2.19. The van der Waals surface area contributed by atoms with E-state index < -0.39 is 5.56 Å². The zero-order chi connectivity index (χ0) is 25.8. The van der Waals surface area contributed by atoms with Crippen molar-refractivity contribution in [1.82, 2.24) is 18.9 Å². The van der Waals surface area contributed by atoms with Crippen molar-refractivity contribution in [2.24, 2.45) is 0 Å². The van der Waals surface area contributed by atoms with E-state index in [4.69, 9.17) is 9.72 Å². The third kappa shape index (κ3) is 5.38. The summed E-state index contributed by atoms with van der Waals surface area (Å²) in [7, 11) is 0. The molecule has 0 spiro atoms. The van der Waals surface area contributed by atoms with Gasteiger partial charge in [-0.15, -0.1) is 15.2 Å². The van der Waals surface area contributed by atoms with Gasteiger partial charge in [-0.05, 0) is 89.9 Å². The summed E-state index contributed by atoms with van der Waals surface area (Å²) in [6.45, 7) is 4.51. The first kappa shape index (κ1) is 25.4. The molecule has 1 saturated carbocycles. The summed E-state index contributed by atoms with van der Waals surface area (Å²) >= 11 is 1.43. The number of hydrogen-bond acceptors (Lipinski definition) is 7. The van der Waals surface area contributed by atoms with E-state index in [-0.39, 0.29) is 18.2 Å². The molecule has 1 fully saturated rings. The Morgan fingerprint density at radius 2 is 1.97 bits per heavy atom.